The number of nitrogens with two attached hydrogens (primary N) is 1. The molecule has 9 nitrogen and oxygen atoms in total. The Balaban J connectivity index is 0.00000512. The van der Waals surface area contributed by atoms with Gasteiger partial charge in [-0.15, -0.1) is 0 Å². The SMILES string of the molecule is C.C[C@@H](N)C(=O)Nc1ccc(C#Cc2ccc(C(=O)N[C@H](C(=O)NO)[C@@H](C)O)cc2)cc1. The predicted octanol–water partition coefficient (Wildman–Crippen LogP) is 0.993. The van der Waals surface area contributed by atoms with Gasteiger partial charge in [0.05, 0.1) is 12.1 Å². The van der Waals surface area contributed by atoms with E-state index in [0.29, 0.717) is 11.3 Å². The third kappa shape index (κ3) is 7.52. The van der Waals surface area contributed by atoms with E-state index >= 15 is 0 Å². The molecule has 0 bridgehead atoms. The first-order chi connectivity index (χ1) is 14.7. The summed E-state index contributed by atoms with van der Waals surface area (Å²) in [6.07, 6.45) is -1.19. The van der Waals surface area contributed by atoms with Crippen LogP contribution in [0.2, 0.25) is 0 Å². The summed E-state index contributed by atoms with van der Waals surface area (Å²) in [4.78, 5) is 35.4. The molecule has 2 rings (SSSR count). The summed E-state index contributed by atoms with van der Waals surface area (Å²) < 4.78 is 0. The van der Waals surface area contributed by atoms with Crippen molar-refractivity contribution in [2.75, 3.05) is 5.32 Å². The van der Waals surface area contributed by atoms with Crippen molar-refractivity contribution < 1.29 is 24.7 Å². The molecule has 3 atom stereocenters. The molecule has 0 saturated heterocycles. The van der Waals surface area contributed by atoms with E-state index in [0.717, 1.165) is 5.56 Å². The third-order valence-electron chi connectivity index (χ3n) is 4.23. The van der Waals surface area contributed by atoms with Crippen molar-refractivity contribution in [3.63, 3.8) is 0 Å². The van der Waals surface area contributed by atoms with Crippen LogP contribution in [0.5, 0.6) is 0 Å². The normalized spacial score (nSPS) is 12.7. The second kappa shape index (κ2) is 12.2. The van der Waals surface area contributed by atoms with E-state index in [-0.39, 0.29) is 18.9 Å². The molecule has 3 amide bonds. The Morgan fingerprint density at radius 3 is 1.84 bits per heavy atom. The van der Waals surface area contributed by atoms with Crippen LogP contribution in [0.25, 0.3) is 0 Å². The van der Waals surface area contributed by atoms with Crippen molar-refractivity contribution in [1.29, 1.82) is 0 Å². The summed E-state index contributed by atoms with van der Waals surface area (Å²) in [6.45, 7) is 2.92. The van der Waals surface area contributed by atoms with Gasteiger partial charge >= 0.3 is 0 Å². The Morgan fingerprint density at radius 1 is 0.906 bits per heavy atom. The summed E-state index contributed by atoms with van der Waals surface area (Å²) in [5, 5.41) is 23.3. The quantitative estimate of drug-likeness (QED) is 0.224. The van der Waals surface area contributed by atoms with Crippen LogP contribution < -0.4 is 21.8 Å². The predicted molar refractivity (Wildman–Crippen MR) is 121 cm³/mol. The molecule has 2 aromatic carbocycles. The molecule has 0 radical (unpaired) electrons. The summed E-state index contributed by atoms with van der Waals surface area (Å²) >= 11 is 0. The largest absolute Gasteiger partial charge is 0.391 e. The van der Waals surface area contributed by atoms with Gasteiger partial charge in [0, 0.05) is 22.4 Å². The maximum absolute atomic E-state index is 12.3. The number of anilines is 1. The zero-order chi connectivity index (χ0) is 23.0. The van der Waals surface area contributed by atoms with Crippen LogP contribution in [0.1, 0.15) is 42.8 Å². The number of benzene rings is 2. The molecule has 0 heterocycles. The number of carbonyl (C=O) groups excluding carboxylic acids is 3. The molecule has 0 aliphatic heterocycles. The van der Waals surface area contributed by atoms with Crippen LogP contribution in [-0.4, -0.2) is 46.2 Å². The number of hydrogen-bond acceptors (Lipinski definition) is 6. The second-order valence-electron chi connectivity index (χ2n) is 6.85. The minimum Gasteiger partial charge on any atom is -0.391 e. The van der Waals surface area contributed by atoms with Crippen molar-refractivity contribution in [3.8, 4) is 11.8 Å². The molecule has 7 N–H and O–H groups in total. The van der Waals surface area contributed by atoms with Crippen molar-refractivity contribution in [1.82, 2.24) is 10.8 Å². The smallest absolute Gasteiger partial charge is 0.268 e. The summed E-state index contributed by atoms with van der Waals surface area (Å²) in [7, 11) is 0. The molecule has 9 heteroatoms. The van der Waals surface area contributed by atoms with Gasteiger partial charge in [0.2, 0.25) is 5.91 Å². The van der Waals surface area contributed by atoms with Crippen LogP contribution in [0.3, 0.4) is 0 Å². The standard InChI is InChI=1S/C22H24N4O5.CH4/c1-13(23)20(28)24-18-11-7-16(8-12-18)4-3-15-5-9-17(10-6-15)21(29)25-19(14(2)27)22(30)26-31;/h5-14,19,27,31H,23H2,1-2H3,(H,24,28)(H,25,29)(H,26,30);1H4/t13-,14-,19+;/m1./s1. The second-order valence-corrected chi connectivity index (χ2v) is 6.85. The minimum absolute atomic E-state index is 0. The van der Waals surface area contributed by atoms with Crippen LogP contribution in [0.4, 0.5) is 5.69 Å². The number of nitrogens with one attached hydrogen (secondary N) is 3. The summed E-state index contributed by atoms with van der Waals surface area (Å²) in [5.74, 6) is 4.16. The van der Waals surface area contributed by atoms with Crippen LogP contribution in [0.15, 0.2) is 48.5 Å². The molecule has 0 aliphatic rings. The first-order valence-electron chi connectivity index (χ1n) is 9.42. The molecule has 0 aliphatic carbocycles. The first kappa shape index (κ1) is 26.3. The average molecular weight is 441 g/mol. The van der Waals surface area contributed by atoms with Gasteiger partial charge in [0.15, 0.2) is 0 Å². The third-order valence-corrected chi connectivity index (χ3v) is 4.23. The highest BCUT2D eigenvalue weighted by Gasteiger charge is 2.25. The van der Waals surface area contributed by atoms with Crippen LogP contribution in [-0.2, 0) is 9.59 Å². The molecule has 0 saturated carbocycles. The van der Waals surface area contributed by atoms with Crippen molar-refractivity contribution >= 4 is 23.4 Å². The molecule has 0 aromatic heterocycles. The number of aliphatic hydroxyl groups excluding tert-OH is 1. The fourth-order valence-corrected chi connectivity index (χ4v) is 2.44. The number of carbonyl (C=O) groups is 3. The number of amides is 3. The maximum Gasteiger partial charge on any atom is 0.268 e. The molecule has 0 spiro atoms. The van der Waals surface area contributed by atoms with Gasteiger partial charge in [-0.1, -0.05) is 19.3 Å². The van der Waals surface area contributed by atoms with E-state index in [1.807, 2.05) is 0 Å². The Labute approximate surface area is 187 Å². The highest BCUT2D eigenvalue weighted by molar-refractivity contribution is 5.97. The van der Waals surface area contributed by atoms with E-state index in [2.05, 4.69) is 22.5 Å². The maximum atomic E-state index is 12.3. The Bertz CT molecular complexity index is 990. The lowest BCUT2D eigenvalue weighted by molar-refractivity contribution is -0.133. The molecule has 32 heavy (non-hydrogen) atoms. The van der Waals surface area contributed by atoms with Crippen LogP contribution >= 0.6 is 0 Å². The van der Waals surface area contributed by atoms with Gasteiger partial charge in [-0.2, -0.15) is 0 Å². The number of aliphatic hydroxyl groups is 1. The van der Waals surface area contributed by atoms with E-state index in [1.54, 1.807) is 43.3 Å². The first-order valence-corrected chi connectivity index (χ1v) is 9.42. The molecule has 0 unspecified atom stereocenters. The van der Waals surface area contributed by atoms with E-state index in [1.165, 1.54) is 24.5 Å². The van der Waals surface area contributed by atoms with Crippen LogP contribution in [0, 0.1) is 11.8 Å². The fraction of sp³-hybridized carbons (Fsp3) is 0.261. The van der Waals surface area contributed by atoms with Gasteiger partial charge in [0.25, 0.3) is 11.8 Å². The van der Waals surface area contributed by atoms with E-state index < -0.39 is 30.0 Å². The lowest BCUT2D eigenvalue weighted by Gasteiger charge is -2.19. The van der Waals surface area contributed by atoms with Gasteiger partial charge in [0.1, 0.15) is 6.04 Å². The van der Waals surface area contributed by atoms with Gasteiger partial charge < -0.3 is 21.5 Å². The number of hydrogen-bond donors (Lipinski definition) is 6. The molecule has 0 fully saturated rings. The summed E-state index contributed by atoms with van der Waals surface area (Å²) in [5.41, 5.74) is 9.19. The number of rotatable bonds is 6. The van der Waals surface area contributed by atoms with Crippen molar-refractivity contribution in [3.05, 3.63) is 65.2 Å². The lowest BCUT2D eigenvalue weighted by Crippen LogP contribution is -2.51. The highest BCUT2D eigenvalue weighted by atomic mass is 16.5. The molecule has 2 aromatic rings. The molecular weight excluding hydrogens is 412 g/mol. The van der Waals surface area contributed by atoms with Gasteiger partial charge in [-0.05, 0) is 62.4 Å². The van der Waals surface area contributed by atoms with E-state index in [9.17, 15) is 19.5 Å². The topological polar surface area (TPSA) is 154 Å². The van der Waals surface area contributed by atoms with Gasteiger partial charge in [-0.3, -0.25) is 19.6 Å². The fourth-order valence-electron chi connectivity index (χ4n) is 2.44. The summed E-state index contributed by atoms with van der Waals surface area (Å²) in [6, 6.07) is 11.4. The minimum atomic E-state index is -1.29. The van der Waals surface area contributed by atoms with Crippen molar-refractivity contribution in [2.24, 2.45) is 5.73 Å². The Kier molecular flexibility index (Phi) is 10.1. The molecule has 170 valence electrons. The Morgan fingerprint density at radius 2 is 1.41 bits per heavy atom. The van der Waals surface area contributed by atoms with Gasteiger partial charge in [-0.25, -0.2) is 5.48 Å². The highest BCUT2D eigenvalue weighted by Crippen LogP contribution is 2.10. The molecular formula is C23H28N4O5. The van der Waals surface area contributed by atoms with E-state index in [4.69, 9.17) is 10.9 Å². The zero-order valence-electron chi connectivity index (χ0n) is 17.0. The monoisotopic (exact) mass is 440 g/mol. The average Bonchev–Trinajstić information content (AvgIpc) is 2.76. The lowest BCUT2D eigenvalue weighted by atomic mass is 10.1. The number of hydroxylamine groups is 1. The Hall–Kier alpha value is -3.71. The van der Waals surface area contributed by atoms with Crippen molar-refractivity contribution in [2.45, 2.75) is 39.5 Å². The zero-order valence-corrected chi connectivity index (χ0v) is 17.0.